The molecule has 0 spiro atoms. The Labute approximate surface area is 94.1 Å². The third kappa shape index (κ3) is 2.98. The van der Waals surface area contributed by atoms with Crippen LogP contribution in [0.3, 0.4) is 0 Å². The first-order chi connectivity index (χ1) is 7.54. The van der Waals surface area contributed by atoms with Crippen LogP contribution in [0.2, 0.25) is 0 Å². The van der Waals surface area contributed by atoms with E-state index in [4.69, 9.17) is 4.74 Å². The van der Waals surface area contributed by atoms with Crippen LogP contribution in [0, 0.1) is 10.1 Å². The SMILES string of the molecule is COc1cc([N+](=O)[O-])ccc1/C=C/N(C)C. The second kappa shape index (κ2) is 5.16. The van der Waals surface area contributed by atoms with Gasteiger partial charge >= 0.3 is 0 Å². The van der Waals surface area contributed by atoms with Crippen LogP contribution in [0.1, 0.15) is 5.56 Å². The van der Waals surface area contributed by atoms with Gasteiger partial charge in [0.2, 0.25) is 0 Å². The quantitative estimate of drug-likeness (QED) is 0.578. The van der Waals surface area contributed by atoms with E-state index in [-0.39, 0.29) is 5.69 Å². The Hall–Kier alpha value is -2.04. The molecule has 1 aromatic rings. The summed E-state index contributed by atoms with van der Waals surface area (Å²) in [5.74, 6) is 0.493. The maximum Gasteiger partial charge on any atom is 0.273 e. The van der Waals surface area contributed by atoms with Gasteiger partial charge in [-0.3, -0.25) is 10.1 Å². The van der Waals surface area contributed by atoms with Gasteiger partial charge in [0.25, 0.3) is 5.69 Å². The Kier molecular flexibility index (Phi) is 3.88. The second-order valence-electron chi connectivity index (χ2n) is 3.46. The molecule has 0 atom stereocenters. The molecule has 0 radical (unpaired) electrons. The van der Waals surface area contributed by atoms with E-state index in [1.165, 1.54) is 19.2 Å². The van der Waals surface area contributed by atoms with Gasteiger partial charge in [0.05, 0.1) is 18.1 Å². The summed E-state index contributed by atoms with van der Waals surface area (Å²) in [4.78, 5) is 12.0. The van der Waals surface area contributed by atoms with Gasteiger partial charge in [0, 0.05) is 25.7 Å². The number of nitro benzene ring substituents is 1. The second-order valence-corrected chi connectivity index (χ2v) is 3.46. The minimum absolute atomic E-state index is 0.0267. The van der Waals surface area contributed by atoms with E-state index >= 15 is 0 Å². The van der Waals surface area contributed by atoms with Crippen molar-refractivity contribution in [1.29, 1.82) is 0 Å². The Morgan fingerprint density at radius 2 is 2.12 bits per heavy atom. The highest BCUT2D eigenvalue weighted by atomic mass is 16.6. The molecule has 5 nitrogen and oxygen atoms in total. The highest BCUT2D eigenvalue weighted by molar-refractivity contribution is 5.60. The first-order valence-corrected chi connectivity index (χ1v) is 4.71. The van der Waals surface area contributed by atoms with E-state index in [9.17, 15) is 10.1 Å². The van der Waals surface area contributed by atoms with E-state index in [1.54, 1.807) is 6.07 Å². The molecule has 5 heteroatoms. The topological polar surface area (TPSA) is 55.6 Å². The molecule has 1 aromatic carbocycles. The Morgan fingerprint density at radius 1 is 1.44 bits per heavy atom. The molecule has 0 fully saturated rings. The van der Waals surface area contributed by atoms with E-state index in [0.29, 0.717) is 5.75 Å². The number of rotatable bonds is 4. The van der Waals surface area contributed by atoms with Crippen LogP contribution >= 0.6 is 0 Å². The van der Waals surface area contributed by atoms with Crippen LogP contribution in [0.15, 0.2) is 24.4 Å². The maximum absolute atomic E-state index is 10.6. The first kappa shape index (κ1) is 12.0. The van der Waals surface area contributed by atoms with Crippen LogP contribution < -0.4 is 4.74 Å². The molecule has 0 amide bonds. The summed E-state index contributed by atoms with van der Waals surface area (Å²) in [7, 11) is 5.29. The van der Waals surface area contributed by atoms with Gasteiger partial charge in [0.1, 0.15) is 5.75 Å². The fourth-order valence-electron chi connectivity index (χ4n) is 1.18. The molecule has 0 heterocycles. The van der Waals surface area contributed by atoms with Crippen LogP contribution in [0.5, 0.6) is 5.75 Å². The number of non-ortho nitro benzene ring substituents is 1. The zero-order valence-corrected chi connectivity index (χ0v) is 9.51. The largest absolute Gasteiger partial charge is 0.496 e. The van der Waals surface area contributed by atoms with Crippen molar-refractivity contribution < 1.29 is 9.66 Å². The average molecular weight is 222 g/mol. The Morgan fingerprint density at radius 3 is 2.62 bits per heavy atom. The molecule has 16 heavy (non-hydrogen) atoms. The van der Waals surface area contributed by atoms with Gasteiger partial charge in [-0.05, 0) is 18.3 Å². The lowest BCUT2D eigenvalue weighted by molar-refractivity contribution is -0.384. The number of nitro groups is 1. The number of methoxy groups -OCH3 is 1. The zero-order chi connectivity index (χ0) is 12.1. The molecule has 1 rings (SSSR count). The summed E-state index contributed by atoms with van der Waals surface area (Å²) in [5.41, 5.74) is 0.834. The van der Waals surface area contributed by atoms with Crippen molar-refractivity contribution >= 4 is 11.8 Å². The average Bonchev–Trinajstić information content (AvgIpc) is 2.25. The van der Waals surface area contributed by atoms with E-state index in [0.717, 1.165) is 5.56 Å². The summed E-state index contributed by atoms with van der Waals surface area (Å²) in [6, 6.07) is 4.53. The highest BCUT2D eigenvalue weighted by Gasteiger charge is 2.09. The standard InChI is InChI=1S/C11H14N2O3/c1-12(2)7-6-9-4-5-10(13(14)15)8-11(9)16-3/h4-8H,1-3H3/b7-6+. The third-order valence-corrected chi connectivity index (χ3v) is 1.98. The van der Waals surface area contributed by atoms with Gasteiger partial charge in [-0.1, -0.05) is 0 Å². The number of benzene rings is 1. The van der Waals surface area contributed by atoms with Crippen molar-refractivity contribution in [2.24, 2.45) is 0 Å². The normalized spacial score (nSPS) is 10.4. The molecule has 0 N–H and O–H groups in total. The van der Waals surface area contributed by atoms with Crippen LogP contribution in [0.4, 0.5) is 5.69 Å². The van der Waals surface area contributed by atoms with Crippen molar-refractivity contribution in [1.82, 2.24) is 4.90 Å². The monoisotopic (exact) mass is 222 g/mol. The minimum atomic E-state index is -0.443. The lowest BCUT2D eigenvalue weighted by Crippen LogP contribution is -2.00. The molecule has 0 aliphatic rings. The molecule has 0 saturated carbocycles. The van der Waals surface area contributed by atoms with Crippen LogP contribution in [0.25, 0.3) is 6.08 Å². The summed E-state index contributed by atoms with van der Waals surface area (Å²) in [6.07, 6.45) is 3.69. The highest BCUT2D eigenvalue weighted by Crippen LogP contribution is 2.25. The first-order valence-electron chi connectivity index (χ1n) is 4.71. The molecule has 0 aliphatic heterocycles. The van der Waals surface area contributed by atoms with E-state index in [2.05, 4.69) is 0 Å². The summed E-state index contributed by atoms with van der Waals surface area (Å²) < 4.78 is 5.09. The summed E-state index contributed by atoms with van der Waals surface area (Å²) in [5, 5.41) is 10.6. The van der Waals surface area contributed by atoms with Crippen molar-refractivity contribution in [3.05, 3.63) is 40.1 Å². The molecular weight excluding hydrogens is 208 g/mol. The molecule has 0 unspecified atom stereocenters. The fourth-order valence-corrected chi connectivity index (χ4v) is 1.18. The Balaban J connectivity index is 3.07. The number of nitrogens with zero attached hydrogens (tertiary/aromatic N) is 2. The van der Waals surface area contributed by atoms with Gasteiger partial charge in [0.15, 0.2) is 0 Å². The van der Waals surface area contributed by atoms with Crippen molar-refractivity contribution in [2.75, 3.05) is 21.2 Å². The predicted octanol–water partition coefficient (Wildman–Crippen LogP) is 2.14. The predicted molar refractivity (Wildman–Crippen MR) is 62.4 cm³/mol. The number of hydrogen-bond acceptors (Lipinski definition) is 4. The Bertz CT molecular complexity index is 414. The minimum Gasteiger partial charge on any atom is -0.496 e. The van der Waals surface area contributed by atoms with Crippen LogP contribution in [-0.4, -0.2) is 31.0 Å². The summed E-state index contributed by atoms with van der Waals surface area (Å²) in [6.45, 7) is 0. The molecule has 0 aliphatic carbocycles. The molecule has 0 bridgehead atoms. The van der Waals surface area contributed by atoms with E-state index < -0.39 is 4.92 Å². The van der Waals surface area contributed by atoms with Gasteiger partial charge < -0.3 is 9.64 Å². The molecule has 86 valence electrons. The van der Waals surface area contributed by atoms with Gasteiger partial charge in [-0.25, -0.2) is 0 Å². The van der Waals surface area contributed by atoms with Crippen LogP contribution in [-0.2, 0) is 0 Å². The van der Waals surface area contributed by atoms with Crippen molar-refractivity contribution in [3.8, 4) is 5.75 Å². The third-order valence-electron chi connectivity index (χ3n) is 1.98. The smallest absolute Gasteiger partial charge is 0.273 e. The maximum atomic E-state index is 10.6. The van der Waals surface area contributed by atoms with Crippen molar-refractivity contribution in [3.63, 3.8) is 0 Å². The zero-order valence-electron chi connectivity index (χ0n) is 9.51. The van der Waals surface area contributed by atoms with Gasteiger partial charge in [-0.2, -0.15) is 0 Å². The number of ether oxygens (including phenoxy) is 1. The van der Waals surface area contributed by atoms with Crippen molar-refractivity contribution in [2.45, 2.75) is 0 Å². The summed E-state index contributed by atoms with van der Waals surface area (Å²) >= 11 is 0. The number of hydrogen-bond donors (Lipinski definition) is 0. The van der Waals surface area contributed by atoms with E-state index in [1.807, 2.05) is 31.3 Å². The lowest BCUT2D eigenvalue weighted by Gasteiger charge is -2.06. The fraction of sp³-hybridized carbons (Fsp3) is 0.273. The molecule has 0 aromatic heterocycles. The molecule has 0 saturated heterocycles. The molecular formula is C11H14N2O3. The lowest BCUT2D eigenvalue weighted by atomic mass is 10.2. The van der Waals surface area contributed by atoms with Gasteiger partial charge in [-0.15, -0.1) is 0 Å².